The number of halogens is 1. The van der Waals surface area contributed by atoms with Gasteiger partial charge in [-0.25, -0.2) is 12.8 Å². The maximum absolute atomic E-state index is 12.6. The molecule has 0 amide bonds. The molecular weight excluding hydrogens is 205 g/mol. The van der Waals surface area contributed by atoms with E-state index in [-0.39, 0.29) is 0 Å². The fourth-order valence-corrected chi connectivity index (χ4v) is 4.10. The van der Waals surface area contributed by atoms with Gasteiger partial charge in [-0.2, -0.15) is 4.31 Å². The van der Waals surface area contributed by atoms with Crippen LogP contribution in [-0.2, 0) is 10.0 Å². The molecule has 0 unspecified atom stereocenters. The van der Waals surface area contributed by atoms with E-state index in [2.05, 4.69) is 0 Å². The van der Waals surface area contributed by atoms with Crippen LogP contribution >= 0.6 is 0 Å². The van der Waals surface area contributed by atoms with Crippen molar-refractivity contribution < 1.29 is 12.8 Å². The Balaban J connectivity index is 2.22. The topological polar surface area (TPSA) is 37.4 Å². The highest BCUT2D eigenvalue weighted by Gasteiger charge is 2.54. The normalized spacial score (nSPS) is 32.0. The minimum atomic E-state index is -3.23. The van der Waals surface area contributed by atoms with Crippen LogP contribution in [0.2, 0.25) is 0 Å². The molecule has 0 aromatic carbocycles. The van der Waals surface area contributed by atoms with Crippen molar-refractivity contribution in [1.29, 1.82) is 0 Å². The lowest BCUT2D eigenvalue weighted by Crippen LogP contribution is -2.42. The Morgan fingerprint density at radius 2 is 2.14 bits per heavy atom. The third-order valence-corrected chi connectivity index (χ3v) is 6.14. The minimum absolute atomic E-state index is 0.391. The lowest BCUT2D eigenvalue weighted by Gasteiger charge is -2.25. The molecule has 82 valence electrons. The second-order valence-electron chi connectivity index (χ2n) is 4.52. The summed E-state index contributed by atoms with van der Waals surface area (Å²) in [6.07, 6.45) is 2.92. The van der Waals surface area contributed by atoms with Crippen molar-refractivity contribution in [3.8, 4) is 0 Å². The predicted octanol–water partition coefficient (Wildman–Crippen LogP) is 1.30. The van der Waals surface area contributed by atoms with E-state index in [9.17, 15) is 12.8 Å². The van der Waals surface area contributed by atoms with Crippen molar-refractivity contribution in [1.82, 2.24) is 4.31 Å². The molecule has 1 saturated carbocycles. The van der Waals surface area contributed by atoms with Crippen LogP contribution in [-0.4, -0.2) is 36.7 Å². The monoisotopic (exact) mass is 221 g/mol. The Morgan fingerprint density at radius 3 is 2.64 bits per heavy atom. The van der Waals surface area contributed by atoms with Gasteiger partial charge in [0.25, 0.3) is 0 Å². The largest absolute Gasteiger partial charge is 0.249 e. The van der Waals surface area contributed by atoms with E-state index in [1.54, 1.807) is 6.92 Å². The zero-order valence-corrected chi connectivity index (χ0v) is 9.19. The smallest absolute Gasteiger partial charge is 0.219 e. The first-order valence-electron chi connectivity index (χ1n) is 5.09. The van der Waals surface area contributed by atoms with Gasteiger partial charge in [-0.05, 0) is 32.6 Å². The lowest BCUT2D eigenvalue weighted by atomic mass is 10.2. The van der Waals surface area contributed by atoms with Crippen LogP contribution in [0.15, 0.2) is 0 Å². The van der Waals surface area contributed by atoms with Gasteiger partial charge < -0.3 is 0 Å². The molecule has 0 N–H and O–H groups in total. The molecule has 0 aromatic rings. The molecule has 1 aliphatic carbocycles. The quantitative estimate of drug-likeness (QED) is 0.720. The van der Waals surface area contributed by atoms with Gasteiger partial charge in [0.05, 0.1) is 10.8 Å². The van der Waals surface area contributed by atoms with Crippen LogP contribution < -0.4 is 0 Å². The molecule has 1 aliphatic heterocycles. The van der Waals surface area contributed by atoms with Gasteiger partial charge in [-0.15, -0.1) is 0 Å². The summed E-state index contributed by atoms with van der Waals surface area (Å²) in [5.74, 6) is 0. The van der Waals surface area contributed by atoms with E-state index in [1.807, 2.05) is 0 Å². The predicted molar refractivity (Wildman–Crippen MR) is 52.3 cm³/mol. The summed E-state index contributed by atoms with van der Waals surface area (Å²) in [7, 11) is -3.23. The summed E-state index contributed by atoms with van der Waals surface area (Å²) < 4.78 is 37.5. The average molecular weight is 221 g/mol. The fraction of sp³-hybridized carbons (Fsp3) is 1.00. The Kier molecular flexibility index (Phi) is 2.34. The second-order valence-corrected chi connectivity index (χ2v) is 6.92. The van der Waals surface area contributed by atoms with Crippen LogP contribution in [0.3, 0.4) is 0 Å². The molecule has 2 aliphatic rings. The molecule has 0 spiro atoms. The Hall–Kier alpha value is -0.160. The van der Waals surface area contributed by atoms with E-state index >= 15 is 0 Å². The van der Waals surface area contributed by atoms with Crippen molar-refractivity contribution in [3.63, 3.8) is 0 Å². The van der Waals surface area contributed by atoms with Gasteiger partial charge in [-0.3, -0.25) is 0 Å². The molecule has 0 bridgehead atoms. The Morgan fingerprint density at radius 1 is 1.50 bits per heavy atom. The summed E-state index contributed by atoms with van der Waals surface area (Å²) in [5.41, 5.74) is 0. The zero-order valence-electron chi connectivity index (χ0n) is 8.37. The lowest BCUT2D eigenvalue weighted by molar-refractivity contribution is 0.308. The number of nitrogens with zero attached hydrogens (tertiary/aromatic N) is 1. The summed E-state index contributed by atoms with van der Waals surface area (Å²) in [5, 5.41) is 0. The molecule has 0 aromatic heterocycles. The first-order valence-corrected chi connectivity index (χ1v) is 6.53. The Bertz CT molecular complexity index is 324. The third-order valence-electron chi connectivity index (χ3n) is 3.39. The van der Waals surface area contributed by atoms with E-state index in [0.29, 0.717) is 13.0 Å². The van der Waals surface area contributed by atoms with Crippen molar-refractivity contribution in [2.75, 3.05) is 13.2 Å². The van der Waals surface area contributed by atoms with E-state index in [0.717, 1.165) is 19.3 Å². The summed E-state index contributed by atoms with van der Waals surface area (Å²) in [6.45, 7) is 1.72. The number of alkyl halides is 1. The van der Waals surface area contributed by atoms with Crippen LogP contribution in [0.4, 0.5) is 4.39 Å². The van der Waals surface area contributed by atoms with Crippen molar-refractivity contribution in [2.45, 2.75) is 43.4 Å². The Labute approximate surface area is 84.3 Å². The number of sulfonamides is 1. The maximum Gasteiger partial charge on any atom is 0.219 e. The van der Waals surface area contributed by atoms with Crippen LogP contribution in [0.1, 0.15) is 32.6 Å². The maximum atomic E-state index is 12.6. The van der Waals surface area contributed by atoms with Gasteiger partial charge in [-0.1, -0.05) is 0 Å². The van der Waals surface area contributed by atoms with E-state index in [1.165, 1.54) is 4.31 Å². The molecule has 1 saturated heterocycles. The zero-order chi connectivity index (χ0) is 10.4. The highest BCUT2D eigenvalue weighted by Crippen LogP contribution is 2.46. The van der Waals surface area contributed by atoms with Gasteiger partial charge in [0, 0.05) is 6.54 Å². The molecule has 3 nitrogen and oxygen atoms in total. The highest BCUT2D eigenvalue weighted by molar-refractivity contribution is 7.90. The number of rotatable bonds is 3. The summed E-state index contributed by atoms with van der Waals surface area (Å²) in [6, 6.07) is -0.391. The van der Waals surface area contributed by atoms with Crippen molar-refractivity contribution >= 4 is 10.0 Å². The summed E-state index contributed by atoms with van der Waals surface area (Å²) >= 11 is 0. The van der Waals surface area contributed by atoms with Crippen LogP contribution in [0.5, 0.6) is 0 Å². The van der Waals surface area contributed by atoms with Gasteiger partial charge in [0.15, 0.2) is 0 Å². The SMILES string of the molecule is CC1(S(=O)(=O)N2CCC[C@@H]2CF)CC1. The molecule has 14 heavy (non-hydrogen) atoms. The van der Waals surface area contributed by atoms with Crippen molar-refractivity contribution in [3.05, 3.63) is 0 Å². The molecule has 2 fully saturated rings. The van der Waals surface area contributed by atoms with Gasteiger partial charge in [0.1, 0.15) is 6.67 Å². The van der Waals surface area contributed by atoms with Gasteiger partial charge >= 0.3 is 0 Å². The van der Waals surface area contributed by atoms with Crippen LogP contribution in [0, 0.1) is 0 Å². The first-order chi connectivity index (χ1) is 6.51. The first kappa shape index (κ1) is 10.4. The third kappa shape index (κ3) is 1.37. The molecule has 1 heterocycles. The summed E-state index contributed by atoms with van der Waals surface area (Å²) in [4.78, 5) is 0. The number of hydrogen-bond donors (Lipinski definition) is 0. The molecule has 2 rings (SSSR count). The average Bonchev–Trinajstić information content (AvgIpc) is 2.73. The van der Waals surface area contributed by atoms with Gasteiger partial charge in [0.2, 0.25) is 10.0 Å². The molecule has 5 heteroatoms. The minimum Gasteiger partial charge on any atom is -0.249 e. The van der Waals surface area contributed by atoms with E-state index in [4.69, 9.17) is 0 Å². The molecule has 0 radical (unpaired) electrons. The standard InChI is InChI=1S/C9H16FNO2S/c1-9(4-5-9)14(12,13)11-6-2-3-8(11)7-10/h8H,2-7H2,1H3/t8-/m1/s1. The van der Waals surface area contributed by atoms with Crippen LogP contribution in [0.25, 0.3) is 0 Å². The highest BCUT2D eigenvalue weighted by atomic mass is 32.2. The molecule has 1 atom stereocenters. The van der Waals surface area contributed by atoms with E-state index < -0.39 is 27.5 Å². The second kappa shape index (κ2) is 3.17. The van der Waals surface area contributed by atoms with Crippen molar-refractivity contribution in [2.24, 2.45) is 0 Å². The molecular formula is C9H16FNO2S. The number of hydrogen-bond acceptors (Lipinski definition) is 2. The fourth-order valence-electron chi connectivity index (χ4n) is 2.00.